The number of nitrogens with one attached hydrogen (secondary N) is 4. The Labute approximate surface area is 198 Å². The first-order valence-electron chi connectivity index (χ1n) is 11.4. The van der Waals surface area contributed by atoms with Crippen LogP contribution in [-0.4, -0.2) is 64.0 Å². The van der Waals surface area contributed by atoms with E-state index in [1.54, 1.807) is 29.2 Å². The van der Waals surface area contributed by atoms with Crippen molar-refractivity contribution in [2.75, 3.05) is 30.8 Å². The first kappa shape index (κ1) is 23.5. The number of H-pyrrole nitrogens is 1. The molecule has 1 unspecified atom stereocenters. The Morgan fingerprint density at radius 2 is 1.94 bits per heavy atom. The molecular weight excluding hydrogens is 434 g/mol. The molecule has 10 nitrogen and oxygen atoms in total. The summed E-state index contributed by atoms with van der Waals surface area (Å²) in [6.45, 7) is 9.57. The first-order valence-corrected chi connectivity index (χ1v) is 11.4. The molecule has 2 aliphatic heterocycles. The minimum absolute atomic E-state index is 0.121. The lowest BCUT2D eigenvalue weighted by Gasteiger charge is -2.35. The van der Waals surface area contributed by atoms with E-state index in [-0.39, 0.29) is 23.9 Å². The standard InChI is InChI=1S/C24H31N7O3/c1-5-19(32)25-16-10-8-15(9-11-16)22(33)27-21-18-14-31(24(2,3)20(18)28-29-21)23(34)26-17-7-6-12-30(4)13-17/h5,8-11,17H,1,6-7,12-14H2,2-4H3,(H,25,32)(H,26,34)(H2,27,28,29,33). The third kappa shape index (κ3) is 4.67. The average molecular weight is 466 g/mol. The summed E-state index contributed by atoms with van der Waals surface area (Å²) in [6, 6.07) is 6.52. The van der Waals surface area contributed by atoms with Gasteiger partial charge in [0, 0.05) is 29.4 Å². The van der Waals surface area contributed by atoms with Gasteiger partial charge in [0.2, 0.25) is 5.91 Å². The van der Waals surface area contributed by atoms with Crippen LogP contribution in [0, 0.1) is 0 Å². The van der Waals surface area contributed by atoms with Crippen molar-refractivity contribution in [2.24, 2.45) is 0 Å². The molecule has 0 bridgehead atoms. The van der Waals surface area contributed by atoms with Crippen molar-refractivity contribution in [1.29, 1.82) is 0 Å². The lowest BCUT2D eigenvalue weighted by atomic mass is 10.0. The van der Waals surface area contributed by atoms with Gasteiger partial charge in [-0.3, -0.25) is 14.7 Å². The highest BCUT2D eigenvalue weighted by atomic mass is 16.2. The fraction of sp³-hybridized carbons (Fsp3) is 0.417. The number of benzene rings is 1. The Morgan fingerprint density at radius 1 is 1.21 bits per heavy atom. The highest BCUT2D eigenvalue weighted by Gasteiger charge is 2.44. The Kier molecular flexibility index (Phi) is 6.43. The predicted octanol–water partition coefficient (Wildman–Crippen LogP) is 2.64. The van der Waals surface area contributed by atoms with Crippen LogP contribution in [0.5, 0.6) is 0 Å². The van der Waals surface area contributed by atoms with Crippen LogP contribution in [0.15, 0.2) is 36.9 Å². The number of aromatic amines is 1. The normalized spacial score (nSPS) is 19.3. The number of hydrogen-bond acceptors (Lipinski definition) is 5. The van der Waals surface area contributed by atoms with Crippen molar-refractivity contribution in [3.8, 4) is 0 Å². The average Bonchev–Trinajstić information content (AvgIpc) is 3.32. The van der Waals surface area contributed by atoms with E-state index in [9.17, 15) is 14.4 Å². The number of likely N-dealkylation sites (N-methyl/N-ethyl adjacent to an activating group) is 1. The number of likely N-dealkylation sites (tertiary alicyclic amines) is 1. The fourth-order valence-corrected chi connectivity index (χ4v) is 4.56. The number of aromatic nitrogens is 2. The van der Waals surface area contributed by atoms with Crippen LogP contribution in [0.4, 0.5) is 16.3 Å². The quantitative estimate of drug-likeness (QED) is 0.506. The molecular formula is C24H31N7O3. The van der Waals surface area contributed by atoms with Gasteiger partial charge in [-0.05, 0) is 70.6 Å². The van der Waals surface area contributed by atoms with Crippen molar-refractivity contribution >= 4 is 29.4 Å². The van der Waals surface area contributed by atoms with Gasteiger partial charge in [0.15, 0.2) is 5.82 Å². The molecule has 2 aromatic rings. The van der Waals surface area contributed by atoms with Crippen LogP contribution in [0.2, 0.25) is 0 Å². The molecule has 4 rings (SSSR count). The molecule has 2 aliphatic rings. The molecule has 180 valence electrons. The summed E-state index contributed by atoms with van der Waals surface area (Å²) in [4.78, 5) is 41.4. The van der Waals surface area contributed by atoms with E-state index in [0.29, 0.717) is 23.6 Å². The third-order valence-corrected chi connectivity index (χ3v) is 6.50. The molecule has 4 N–H and O–H groups in total. The molecule has 0 spiro atoms. The molecule has 0 aliphatic carbocycles. The van der Waals surface area contributed by atoms with Gasteiger partial charge in [0.1, 0.15) is 0 Å². The zero-order valence-corrected chi connectivity index (χ0v) is 19.8. The summed E-state index contributed by atoms with van der Waals surface area (Å²) in [5.41, 5.74) is 1.99. The molecule has 1 saturated heterocycles. The summed E-state index contributed by atoms with van der Waals surface area (Å²) >= 11 is 0. The summed E-state index contributed by atoms with van der Waals surface area (Å²) in [6.07, 6.45) is 3.21. The SMILES string of the molecule is C=CC(=O)Nc1ccc(C(=O)Nc2n[nH]c3c2CN(C(=O)NC2CCCN(C)C2)C3(C)C)cc1. The highest BCUT2D eigenvalue weighted by molar-refractivity contribution is 6.05. The second-order valence-corrected chi connectivity index (χ2v) is 9.35. The van der Waals surface area contributed by atoms with Crippen LogP contribution in [0.3, 0.4) is 0 Å². The number of urea groups is 1. The maximum absolute atomic E-state index is 13.1. The minimum atomic E-state index is -0.596. The molecule has 34 heavy (non-hydrogen) atoms. The maximum Gasteiger partial charge on any atom is 0.318 e. The number of piperidine rings is 1. The number of nitrogens with zero attached hydrogens (tertiary/aromatic N) is 3. The number of amides is 4. The van der Waals surface area contributed by atoms with Gasteiger partial charge >= 0.3 is 6.03 Å². The Morgan fingerprint density at radius 3 is 2.62 bits per heavy atom. The van der Waals surface area contributed by atoms with Crippen molar-refractivity contribution in [1.82, 2.24) is 25.3 Å². The van der Waals surface area contributed by atoms with E-state index in [4.69, 9.17) is 0 Å². The van der Waals surface area contributed by atoms with Gasteiger partial charge in [0.05, 0.1) is 17.8 Å². The van der Waals surface area contributed by atoms with E-state index < -0.39 is 5.54 Å². The van der Waals surface area contributed by atoms with Gasteiger partial charge in [-0.2, -0.15) is 5.10 Å². The topological polar surface area (TPSA) is 122 Å². The number of rotatable bonds is 5. The lowest BCUT2D eigenvalue weighted by molar-refractivity contribution is -0.111. The molecule has 3 heterocycles. The molecule has 4 amide bonds. The monoisotopic (exact) mass is 465 g/mol. The van der Waals surface area contributed by atoms with Crippen LogP contribution >= 0.6 is 0 Å². The Hall–Kier alpha value is -3.66. The number of carbonyl (C=O) groups is 3. The van der Waals surface area contributed by atoms with Gasteiger partial charge in [-0.1, -0.05) is 6.58 Å². The largest absolute Gasteiger partial charge is 0.334 e. The van der Waals surface area contributed by atoms with Gasteiger partial charge in [-0.15, -0.1) is 0 Å². The smallest absolute Gasteiger partial charge is 0.318 e. The minimum Gasteiger partial charge on any atom is -0.334 e. The van der Waals surface area contributed by atoms with Gasteiger partial charge in [0.25, 0.3) is 5.91 Å². The molecule has 10 heteroatoms. The Balaban J connectivity index is 1.43. The molecule has 0 radical (unpaired) electrons. The van der Waals surface area contributed by atoms with Crippen molar-refractivity contribution in [3.63, 3.8) is 0 Å². The van der Waals surface area contributed by atoms with E-state index >= 15 is 0 Å². The van der Waals surface area contributed by atoms with E-state index in [0.717, 1.165) is 37.2 Å². The predicted molar refractivity (Wildman–Crippen MR) is 129 cm³/mol. The van der Waals surface area contributed by atoms with Crippen molar-refractivity contribution < 1.29 is 14.4 Å². The fourth-order valence-electron chi connectivity index (χ4n) is 4.56. The number of hydrogen-bond donors (Lipinski definition) is 4. The zero-order valence-electron chi connectivity index (χ0n) is 19.8. The summed E-state index contributed by atoms with van der Waals surface area (Å²) in [5, 5.41) is 16.0. The van der Waals surface area contributed by atoms with Crippen LogP contribution in [-0.2, 0) is 16.9 Å². The summed E-state index contributed by atoms with van der Waals surface area (Å²) in [5.74, 6) is -0.248. The third-order valence-electron chi connectivity index (χ3n) is 6.50. The van der Waals surface area contributed by atoms with Crippen molar-refractivity contribution in [2.45, 2.75) is 44.8 Å². The summed E-state index contributed by atoms with van der Waals surface area (Å²) in [7, 11) is 2.06. The molecule has 1 aromatic carbocycles. The molecule has 1 fully saturated rings. The van der Waals surface area contributed by atoms with E-state index in [1.807, 2.05) is 13.8 Å². The van der Waals surface area contributed by atoms with Crippen LogP contribution < -0.4 is 16.0 Å². The van der Waals surface area contributed by atoms with Gasteiger partial charge < -0.3 is 25.8 Å². The highest BCUT2D eigenvalue weighted by Crippen LogP contribution is 2.40. The molecule has 1 atom stereocenters. The van der Waals surface area contributed by atoms with Crippen molar-refractivity contribution in [3.05, 3.63) is 53.7 Å². The number of fused-ring (bicyclic) bond motifs is 1. The van der Waals surface area contributed by atoms with E-state index in [2.05, 4.69) is 44.7 Å². The first-order chi connectivity index (χ1) is 16.2. The maximum atomic E-state index is 13.1. The second kappa shape index (κ2) is 9.30. The van der Waals surface area contributed by atoms with Crippen LogP contribution in [0.25, 0.3) is 0 Å². The van der Waals surface area contributed by atoms with Gasteiger partial charge in [-0.25, -0.2) is 4.79 Å². The number of anilines is 2. The number of carbonyl (C=O) groups excluding carboxylic acids is 3. The second-order valence-electron chi connectivity index (χ2n) is 9.35. The van der Waals surface area contributed by atoms with E-state index in [1.165, 1.54) is 6.08 Å². The molecule has 1 aromatic heterocycles. The molecule has 0 saturated carbocycles. The Bertz CT molecular complexity index is 1110. The zero-order chi connectivity index (χ0) is 24.5. The van der Waals surface area contributed by atoms with Crippen LogP contribution in [0.1, 0.15) is 48.3 Å². The summed E-state index contributed by atoms with van der Waals surface area (Å²) < 4.78 is 0. The lowest BCUT2D eigenvalue weighted by Crippen LogP contribution is -2.53.